The van der Waals surface area contributed by atoms with Crippen LogP contribution >= 0.6 is 0 Å². The zero-order valence-electron chi connectivity index (χ0n) is 14.4. The Hall–Kier alpha value is -2.42. The van der Waals surface area contributed by atoms with Crippen molar-refractivity contribution in [1.29, 1.82) is 0 Å². The summed E-state index contributed by atoms with van der Waals surface area (Å²) in [5.74, 6) is 0.265. The van der Waals surface area contributed by atoms with Crippen LogP contribution in [0.2, 0.25) is 0 Å². The summed E-state index contributed by atoms with van der Waals surface area (Å²) in [7, 11) is 0. The first-order valence-electron chi connectivity index (χ1n) is 8.67. The topological polar surface area (TPSA) is 41.4 Å². The molecule has 2 saturated heterocycles. The van der Waals surface area contributed by atoms with E-state index in [0.29, 0.717) is 25.8 Å². The molecule has 1 amide bonds. The molecule has 1 aromatic carbocycles. The highest BCUT2D eigenvalue weighted by Crippen LogP contribution is 2.33. The second kappa shape index (κ2) is 6.63. The maximum atomic E-state index is 13.3. The smallest absolute Gasteiger partial charge is 0.322 e. The number of hydrogen-bond donors (Lipinski definition) is 0. The van der Waals surface area contributed by atoms with Gasteiger partial charge in [0.25, 0.3) is 0 Å². The van der Waals surface area contributed by atoms with Crippen LogP contribution in [0.25, 0.3) is 0 Å². The predicted octanol–water partition coefficient (Wildman–Crippen LogP) is 3.07. The summed E-state index contributed by atoms with van der Waals surface area (Å²) in [6.07, 6.45) is -3.13. The first-order valence-corrected chi connectivity index (χ1v) is 8.67. The van der Waals surface area contributed by atoms with Crippen LogP contribution in [0.1, 0.15) is 11.1 Å². The fourth-order valence-corrected chi connectivity index (χ4v) is 3.99. The molecule has 27 heavy (non-hydrogen) atoms. The van der Waals surface area contributed by atoms with Gasteiger partial charge >= 0.3 is 12.2 Å². The number of nitrogens with zero attached hydrogens (tertiary/aromatic N) is 4. The minimum atomic E-state index is -4.52. The Kier molecular flexibility index (Phi) is 4.41. The molecule has 0 bridgehead atoms. The van der Waals surface area contributed by atoms with E-state index in [2.05, 4.69) is 10.00 Å². The largest absolute Gasteiger partial charge is 0.419 e. The predicted molar refractivity (Wildman–Crippen MR) is 88.3 cm³/mol. The van der Waals surface area contributed by atoms with E-state index in [4.69, 9.17) is 0 Å². The number of aromatic nitrogens is 2. The molecule has 4 rings (SSSR count). The van der Waals surface area contributed by atoms with Crippen molar-refractivity contribution in [3.8, 4) is 0 Å². The summed E-state index contributed by atoms with van der Waals surface area (Å²) >= 11 is 0. The minimum Gasteiger partial charge on any atom is -0.322 e. The number of likely N-dealkylation sites (tertiary alicyclic amines) is 2. The number of rotatable bonds is 2. The van der Waals surface area contributed by atoms with Gasteiger partial charge in [-0.25, -0.2) is 9.18 Å². The molecule has 3 heterocycles. The van der Waals surface area contributed by atoms with Gasteiger partial charge in [0, 0.05) is 38.9 Å². The van der Waals surface area contributed by atoms with Gasteiger partial charge in [-0.1, -0.05) is 12.1 Å². The van der Waals surface area contributed by atoms with E-state index in [1.807, 2.05) is 6.07 Å². The Labute approximate surface area is 153 Å². The lowest BCUT2D eigenvalue weighted by Gasteiger charge is -2.21. The second-order valence-electron chi connectivity index (χ2n) is 7.20. The maximum Gasteiger partial charge on any atom is 0.419 e. The molecule has 0 radical (unpaired) electrons. The Morgan fingerprint density at radius 2 is 1.85 bits per heavy atom. The van der Waals surface area contributed by atoms with Crippen molar-refractivity contribution in [2.24, 2.45) is 11.8 Å². The number of carbonyl (C=O) groups excluding carboxylic acids is 1. The highest BCUT2D eigenvalue weighted by molar-refractivity contribution is 5.76. The zero-order valence-corrected chi connectivity index (χ0v) is 14.4. The summed E-state index contributed by atoms with van der Waals surface area (Å²) < 4.78 is 52.1. The third kappa shape index (κ3) is 3.69. The molecule has 0 saturated carbocycles. The van der Waals surface area contributed by atoms with E-state index in [0.717, 1.165) is 29.5 Å². The number of benzene rings is 1. The van der Waals surface area contributed by atoms with E-state index in [1.165, 1.54) is 12.1 Å². The summed E-state index contributed by atoms with van der Waals surface area (Å²) in [4.78, 5) is 16.2. The normalized spacial score (nSPS) is 23.0. The van der Waals surface area contributed by atoms with Gasteiger partial charge < -0.3 is 4.90 Å². The van der Waals surface area contributed by atoms with Crippen molar-refractivity contribution in [2.45, 2.75) is 12.7 Å². The van der Waals surface area contributed by atoms with Crippen molar-refractivity contribution in [3.63, 3.8) is 0 Å². The molecule has 0 spiro atoms. The highest BCUT2D eigenvalue weighted by Gasteiger charge is 2.42. The fraction of sp³-hybridized carbons (Fsp3) is 0.444. The first kappa shape index (κ1) is 18.0. The van der Waals surface area contributed by atoms with Crippen molar-refractivity contribution in [2.75, 3.05) is 26.2 Å². The van der Waals surface area contributed by atoms with E-state index in [-0.39, 0.29) is 17.7 Å². The Balaban J connectivity index is 1.35. The van der Waals surface area contributed by atoms with Crippen LogP contribution in [-0.2, 0) is 12.7 Å². The number of amides is 1. The Bertz CT molecular complexity index is 836. The number of carbonyl (C=O) groups is 1. The molecule has 2 aromatic rings. The molecule has 144 valence electrons. The molecule has 2 unspecified atom stereocenters. The van der Waals surface area contributed by atoms with E-state index >= 15 is 0 Å². The van der Waals surface area contributed by atoms with Gasteiger partial charge in [0.1, 0.15) is 5.82 Å². The van der Waals surface area contributed by atoms with Crippen LogP contribution in [0.3, 0.4) is 0 Å². The summed E-state index contributed by atoms with van der Waals surface area (Å²) in [5, 5.41) is 3.56. The number of fused-ring (bicyclic) bond motifs is 1. The summed E-state index contributed by atoms with van der Waals surface area (Å²) in [6.45, 7) is 3.18. The molecule has 2 aliphatic rings. The van der Waals surface area contributed by atoms with E-state index in [9.17, 15) is 22.4 Å². The van der Waals surface area contributed by atoms with Crippen molar-refractivity contribution < 1.29 is 22.4 Å². The standard InChI is InChI=1S/C18H18F4N4O/c19-16-3-1-2-12(4-16)6-24-7-13-9-25(10-14(13)8-24)17(27)26-11-15(5-23-26)18(20,21)22/h1-5,11,13-14H,6-10H2. The fourth-order valence-electron chi connectivity index (χ4n) is 3.99. The summed E-state index contributed by atoms with van der Waals surface area (Å²) in [5.41, 5.74) is -0.0318. The van der Waals surface area contributed by atoms with Gasteiger partial charge in [0.15, 0.2) is 0 Å². The lowest BCUT2D eigenvalue weighted by atomic mass is 10.0. The third-order valence-electron chi connectivity index (χ3n) is 5.23. The van der Waals surface area contributed by atoms with Gasteiger partial charge in [-0.2, -0.15) is 23.0 Å². The molecule has 2 atom stereocenters. The number of hydrogen-bond acceptors (Lipinski definition) is 3. The van der Waals surface area contributed by atoms with Crippen LogP contribution in [0.4, 0.5) is 22.4 Å². The lowest BCUT2D eigenvalue weighted by molar-refractivity contribution is -0.137. The molecule has 9 heteroatoms. The maximum absolute atomic E-state index is 13.3. The van der Waals surface area contributed by atoms with Crippen LogP contribution in [-0.4, -0.2) is 51.8 Å². The SMILES string of the molecule is O=C(N1CC2CN(Cc3cccc(F)c3)CC2C1)n1cc(C(F)(F)F)cn1. The van der Waals surface area contributed by atoms with Gasteiger partial charge in [0.2, 0.25) is 0 Å². The molecule has 0 aliphatic carbocycles. The van der Waals surface area contributed by atoms with E-state index in [1.54, 1.807) is 11.0 Å². The van der Waals surface area contributed by atoms with Gasteiger partial charge in [-0.05, 0) is 29.5 Å². The number of halogens is 4. The summed E-state index contributed by atoms with van der Waals surface area (Å²) in [6, 6.07) is 5.95. The average molecular weight is 382 g/mol. The van der Waals surface area contributed by atoms with Crippen LogP contribution in [0.5, 0.6) is 0 Å². The Morgan fingerprint density at radius 3 is 2.44 bits per heavy atom. The van der Waals surface area contributed by atoms with Crippen molar-refractivity contribution >= 4 is 6.03 Å². The molecular formula is C18H18F4N4O. The zero-order chi connectivity index (χ0) is 19.2. The molecule has 5 nitrogen and oxygen atoms in total. The highest BCUT2D eigenvalue weighted by atomic mass is 19.4. The molecule has 1 aromatic heterocycles. The van der Waals surface area contributed by atoms with Gasteiger partial charge in [-0.15, -0.1) is 0 Å². The van der Waals surface area contributed by atoms with Crippen LogP contribution < -0.4 is 0 Å². The van der Waals surface area contributed by atoms with Crippen molar-refractivity contribution in [1.82, 2.24) is 19.6 Å². The second-order valence-corrected chi connectivity index (χ2v) is 7.20. The quantitative estimate of drug-likeness (QED) is 0.750. The average Bonchev–Trinajstić information content (AvgIpc) is 3.27. The monoisotopic (exact) mass is 382 g/mol. The molecule has 2 fully saturated rings. The van der Waals surface area contributed by atoms with Gasteiger partial charge in [0.05, 0.1) is 11.8 Å². The molecular weight excluding hydrogens is 364 g/mol. The lowest BCUT2D eigenvalue weighted by Crippen LogP contribution is -2.36. The van der Waals surface area contributed by atoms with E-state index < -0.39 is 17.8 Å². The molecule has 2 aliphatic heterocycles. The molecule has 0 N–H and O–H groups in total. The van der Waals surface area contributed by atoms with Crippen LogP contribution in [0.15, 0.2) is 36.7 Å². The van der Waals surface area contributed by atoms with Crippen LogP contribution in [0, 0.1) is 17.7 Å². The number of alkyl halides is 3. The Morgan fingerprint density at radius 1 is 1.15 bits per heavy atom. The first-order chi connectivity index (χ1) is 12.8. The third-order valence-corrected chi connectivity index (χ3v) is 5.23. The van der Waals surface area contributed by atoms with Gasteiger partial charge in [-0.3, -0.25) is 4.90 Å². The minimum absolute atomic E-state index is 0.263. The van der Waals surface area contributed by atoms with Crippen molar-refractivity contribution in [3.05, 3.63) is 53.6 Å².